The molecule has 0 spiro atoms. The van der Waals surface area contributed by atoms with E-state index in [1.54, 1.807) is 7.11 Å². The zero-order chi connectivity index (χ0) is 8.36. The van der Waals surface area contributed by atoms with E-state index in [1.165, 1.54) is 0 Å². The molecule has 0 atom stereocenters. The third kappa shape index (κ3) is 9.52. The lowest BCUT2D eigenvalue weighted by Gasteiger charge is -1.99. The van der Waals surface area contributed by atoms with E-state index in [2.05, 4.69) is 15.5 Å². The molecule has 0 saturated carbocycles. The van der Waals surface area contributed by atoms with Gasteiger partial charge in [-0.15, -0.1) is 0 Å². The fourth-order valence-electron chi connectivity index (χ4n) is 0.829. The average Bonchev–Trinajstić information content (AvgIpc) is 2.03. The summed E-state index contributed by atoms with van der Waals surface area (Å²) in [6.07, 6.45) is 4.21. The van der Waals surface area contributed by atoms with Crippen molar-refractivity contribution in [3.63, 3.8) is 0 Å². The van der Waals surface area contributed by atoms with Crippen molar-refractivity contribution in [1.82, 2.24) is 5.48 Å². The minimum Gasteiger partial charge on any atom is -0.305 e. The van der Waals surface area contributed by atoms with Gasteiger partial charge in [0.05, 0.1) is 13.7 Å². The fourth-order valence-corrected chi connectivity index (χ4v) is 0.829. The molecule has 0 aliphatic carbocycles. The maximum atomic E-state index is 9.66. The lowest BCUT2D eigenvalue weighted by atomic mass is 10.2. The van der Waals surface area contributed by atoms with Gasteiger partial charge in [-0.3, -0.25) is 0 Å². The molecule has 0 saturated heterocycles. The smallest absolute Gasteiger partial charge is 0.0811 e. The van der Waals surface area contributed by atoms with E-state index in [9.17, 15) is 4.91 Å². The topological polar surface area (TPSA) is 50.7 Å². The summed E-state index contributed by atoms with van der Waals surface area (Å²) in [6.45, 7) is 1.34. The van der Waals surface area contributed by atoms with E-state index >= 15 is 0 Å². The first-order chi connectivity index (χ1) is 5.41. The quantitative estimate of drug-likeness (QED) is 0.332. The van der Waals surface area contributed by atoms with Crippen molar-refractivity contribution in [3.8, 4) is 0 Å². The van der Waals surface area contributed by atoms with Crippen LogP contribution in [-0.2, 0) is 4.84 Å². The Bertz CT molecular complexity index is 88.5. The van der Waals surface area contributed by atoms with E-state index in [0.717, 1.165) is 32.2 Å². The molecule has 0 radical (unpaired) electrons. The lowest BCUT2D eigenvalue weighted by molar-refractivity contribution is 0.0905. The Kier molecular flexibility index (Phi) is 9.10. The molecule has 0 aliphatic heterocycles. The lowest BCUT2D eigenvalue weighted by Crippen LogP contribution is -2.12. The summed E-state index contributed by atoms with van der Waals surface area (Å²) in [5.41, 5.74) is 2.75. The minimum atomic E-state index is 0.456. The zero-order valence-electron chi connectivity index (χ0n) is 7.01. The largest absolute Gasteiger partial charge is 0.305 e. The van der Waals surface area contributed by atoms with Gasteiger partial charge in [0, 0.05) is 6.54 Å². The monoisotopic (exact) mass is 160 g/mol. The van der Waals surface area contributed by atoms with Crippen molar-refractivity contribution >= 4 is 0 Å². The van der Waals surface area contributed by atoms with E-state index in [1.807, 2.05) is 0 Å². The van der Waals surface area contributed by atoms with Crippen molar-refractivity contribution < 1.29 is 4.84 Å². The Morgan fingerprint density at radius 1 is 1.27 bits per heavy atom. The number of nitroso groups, excluding NO2 is 1. The molecule has 0 heterocycles. The van der Waals surface area contributed by atoms with Gasteiger partial charge in [-0.2, -0.15) is 4.91 Å². The van der Waals surface area contributed by atoms with Crippen LogP contribution < -0.4 is 5.48 Å². The van der Waals surface area contributed by atoms with Gasteiger partial charge in [-0.05, 0) is 12.8 Å². The number of unbranched alkanes of at least 4 members (excludes halogenated alkanes) is 3. The molecule has 11 heavy (non-hydrogen) atoms. The van der Waals surface area contributed by atoms with Crippen LogP contribution in [0.2, 0.25) is 0 Å². The molecular formula is C7H16N2O2. The van der Waals surface area contributed by atoms with Gasteiger partial charge in [0.1, 0.15) is 0 Å². The molecular weight excluding hydrogens is 144 g/mol. The average molecular weight is 160 g/mol. The number of rotatable bonds is 8. The van der Waals surface area contributed by atoms with Crippen LogP contribution >= 0.6 is 0 Å². The molecule has 66 valence electrons. The van der Waals surface area contributed by atoms with Crippen LogP contribution in [-0.4, -0.2) is 20.2 Å². The SMILES string of the molecule is CONCCCCCCN=O. The van der Waals surface area contributed by atoms with Crippen LogP contribution in [0.5, 0.6) is 0 Å². The predicted octanol–water partition coefficient (Wildman–Crippen LogP) is 1.46. The second-order valence-corrected chi connectivity index (χ2v) is 2.37. The highest BCUT2D eigenvalue weighted by Gasteiger charge is 1.88. The van der Waals surface area contributed by atoms with Crippen molar-refractivity contribution in [2.75, 3.05) is 20.2 Å². The summed E-state index contributed by atoms with van der Waals surface area (Å²) in [5.74, 6) is 0. The third-order valence-electron chi connectivity index (χ3n) is 1.42. The first kappa shape index (κ1) is 10.5. The highest BCUT2D eigenvalue weighted by Crippen LogP contribution is 1.98. The highest BCUT2D eigenvalue weighted by atomic mass is 16.6. The van der Waals surface area contributed by atoms with Crippen molar-refractivity contribution in [2.24, 2.45) is 5.18 Å². The van der Waals surface area contributed by atoms with Crippen molar-refractivity contribution in [3.05, 3.63) is 4.91 Å². The summed E-state index contributed by atoms with van der Waals surface area (Å²) in [7, 11) is 1.61. The maximum Gasteiger partial charge on any atom is 0.0811 e. The molecule has 0 bridgehead atoms. The normalized spacial score (nSPS) is 9.91. The fraction of sp³-hybridized carbons (Fsp3) is 1.00. The van der Waals surface area contributed by atoms with Crippen LogP contribution in [0.1, 0.15) is 25.7 Å². The number of nitrogens with zero attached hydrogens (tertiary/aromatic N) is 1. The Morgan fingerprint density at radius 2 is 2.00 bits per heavy atom. The van der Waals surface area contributed by atoms with Gasteiger partial charge < -0.3 is 4.84 Å². The standard InChI is InChI=1S/C7H16N2O2/c1-11-9-7-5-3-2-4-6-8-10/h9H,2-7H2,1H3. The molecule has 0 aromatic heterocycles. The van der Waals surface area contributed by atoms with Crippen LogP contribution in [0, 0.1) is 4.91 Å². The second kappa shape index (κ2) is 9.52. The van der Waals surface area contributed by atoms with E-state index in [-0.39, 0.29) is 0 Å². The summed E-state index contributed by atoms with van der Waals surface area (Å²) >= 11 is 0. The Labute approximate surface area is 67.2 Å². The molecule has 0 fully saturated rings. The number of hydrogen-bond donors (Lipinski definition) is 1. The van der Waals surface area contributed by atoms with Crippen LogP contribution in [0.4, 0.5) is 0 Å². The first-order valence-electron chi connectivity index (χ1n) is 3.96. The van der Waals surface area contributed by atoms with Gasteiger partial charge in [0.15, 0.2) is 0 Å². The second-order valence-electron chi connectivity index (χ2n) is 2.37. The molecule has 1 N–H and O–H groups in total. The van der Waals surface area contributed by atoms with Crippen molar-refractivity contribution in [1.29, 1.82) is 0 Å². The van der Waals surface area contributed by atoms with Gasteiger partial charge in [0.25, 0.3) is 0 Å². The Hall–Kier alpha value is -0.480. The number of hydroxylamine groups is 1. The molecule has 0 unspecified atom stereocenters. The minimum absolute atomic E-state index is 0.456. The summed E-state index contributed by atoms with van der Waals surface area (Å²) in [6, 6.07) is 0. The first-order valence-corrected chi connectivity index (χ1v) is 3.96. The molecule has 4 nitrogen and oxygen atoms in total. The molecule has 0 aromatic carbocycles. The third-order valence-corrected chi connectivity index (χ3v) is 1.42. The highest BCUT2D eigenvalue weighted by molar-refractivity contribution is 4.46. The zero-order valence-corrected chi connectivity index (χ0v) is 7.01. The summed E-state index contributed by atoms with van der Waals surface area (Å²) < 4.78 is 0. The molecule has 0 rings (SSSR count). The van der Waals surface area contributed by atoms with Crippen LogP contribution in [0.25, 0.3) is 0 Å². The van der Waals surface area contributed by atoms with E-state index in [0.29, 0.717) is 6.54 Å². The van der Waals surface area contributed by atoms with Crippen LogP contribution in [0.15, 0.2) is 5.18 Å². The van der Waals surface area contributed by atoms with Crippen molar-refractivity contribution in [2.45, 2.75) is 25.7 Å². The number of nitrogens with one attached hydrogen (secondary N) is 1. The molecule has 0 aromatic rings. The maximum absolute atomic E-state index is 9.66. The van der Waals surface area contributed by atoms with Gasteiger partial charge in [-0.25, -0.2) is 5.48 Å². The van der Waals surface area contributed by atoms with Gasteiger partial charge in [0.2, 0.25) is 0 Å². The predicted molar refractivity (Wildman–Crippen MR) is 44.1 cm³/mol. The molecule has 0 aliphatic rings. The van der Waals surface area contributed by atoms with Gasteiger partial charge >= 0.3 is 0 Å². The summed E-state index contributed by atoms with van der Waals surface area (Å²) in [4.78, 5) is 14.3. The number of hydrogen-bond acceptors (Lipinski definition) is 4. The van der Waals surface area contributed by atoms with E-state index < -0.39 is 0 Å². The molecule has 0 amide bonds. The Balaban J connectivity index is 2.74. The van der Waals surface area contributed by atoms with Gasteiger partial charge in [-0.1, -0.05) is 18.0 Å². The Morgan fingerprint density at radius 3 is 2.64 bits per heavy atom. The molecule has 4 heteroatoms. The summed E-state index contributed by atoms with van der Waals surface area (Å²) in [5, 5.41) is 2.78. The van der Waals surface area contributed by atoms with Crippen LogP contribution in [0.3, 0.4) is 0 Å². The van der Waals surface area contributed by atoms with E-state index in [4.69, 9.17) is 0 Å².